The Bertz CT molecular complexity index is 934. The molecule has 2 aromatic carbocycles. The van der Waals surface area contributed by atoms with E-state index >= 15 is 0 Å². The van der Waals surface area contributed by atoms with Crippen LogP contribution in [0.4, 0.5) is 5.69 Å². The number of anilines is 1. The molecular formula is C24H32N4O3. The third kappa shape index (κ3) is 8.50. The Balaban J connectivity index is 1.90. The summed E-state index contributed by atoms with van der Waals surface area (Å²) in [5.74, 6) is -0.542. The van der Waals surface area contributed by atoms with Gasteiger partial charge in [0, 0.05) is 17.8 Å². The first-order valence-electron chi connectivity index (χ1n) is 10.3. The van der Waals surface area contributed by atoms with Gasteiger partial charge in [0.15, 0.2) is 5.96 Å². The van der Waals surface area contributed by atoms with Crippen LogP contribution in [0.3, 0.4) is 0 Å². The highest BCUT2D eigenvalue weighted by Gasteiger charge is 2.19. The van der Waals surface area contributed by atoms with Crippen molar-refractivity contribution >= 4 is 23.5 Å². The number of carbonyl (C=O) groups excluding carboxylic acids is 2. The van der Waals surface area contributed by atoms with Crippen LogP contribution < -0.4 is 16.4 Å². The summed E-state index contributed by atoms with van der Waals surface area (Å²) in [4.78, 5) is 24.5. The van der Waals surface area contributed by atoms with Crippen molar-refractivity contribution in [1.29, 1.82) is 5.41 Å². The fourth-order valence-corrected chi connectivity index (χ4v) is 3.12. The zero-order chi connectivity index (χ0) is 23.0. The zero-order valence-electron chi connectivity index (χ0n) is 18.6. The van der Waals surface area contributed by atoms with Gasteiger partial charge in [-0.3, -0.25) is 15.0 Å². The molecule has 166 valence electrons. The van der Waals surface area contributed by atoms with Crippen molar-refractivity contribution in [3.8, 4) is 0 Å². The smallest absolute Gasteiger partial charge is 0.306 e. The highest BCUT2D eigenvalue weighted by Crippen LogP contribution is 2.22. The molecule has 1 atom stereocenters. The van der Waals surface area contributed by atoms with Crippen LogP contribution in [0, 0.1) is 5.41 Å². The number of hydrogen-bond acceptors (Lipinski definition) is 4. The monoisotopic (exact) mass is 424 g/mol. The minimum atomic E-state index is -0.488. The van der Waals surface area contributed by atoms with Gasteiger partial charge in [-0.25, -0.2) is 0 Å². The Morgan fingerprint density at radius 3 is 2.52 bits per heavy atom. The van der Waals surface area contributed by atoms with E-state index in [-0.39, 0.29) is 23.8 Å². The Kier molecular flexibility index (Phi) is 8.19. The van der Waals surface area contributed by atoms with Crippen LogP contribution >= 0.6 is 0 Å². The minimum absolute atomic E-state index is 0.0425. The van der Waals surface area contributed by atoms with E-state index in [4.69, 9.17) is 15.9 Å². The predicted molar refractivity (Wildman–Crippen MR) is 123 cm³/mol. The molecule has 0 heterocycles. The molecule has 0 fully saturated rings. The van der Waals surface area contributed by atoms with Crippen LogP contribution in [0.2, 0.25) is 0 Å². The number of esters is 1. The first kappa shape index (κ1) is 23.9. The van der Waals surface area contributed by atoms with Crippen LogP contribution in [0.25, 0.3) is 0 Å². The van der Waals surface area contributed by atoms with Crippen LogP contribution in [0.1, 0.15) is 61.5 Å². The molecule has 0 saturated carbocycles. The van der Waals surface area contributed by atoms with E-state index in [9.17, 15) is 9.59 Å². The lowest BCUT2D eigenvalue weighted by atomic mass is 9.95. The SMILES string of the molecule is CC(CC(=O)OC(C)(C)C)c1cccc(CCNC(=O)c2cccc(NC(=N)N)c2)c1. The zero-order valence-corrected chi connectivity index (χ0v) is 18.6. The quantitative estimate of drug-likeness (QED) is 0.292. The molecule has 0 aliphatic rings. The van der Waals surface area contributed by atoms with Gasteiger partial charge in [0.1, 0.15) is 5.60 Å². The van der Waals surface area contributed by atoms with Gasteiger partial charge in [0.25, 0.3) is 5.91 Å². The largest absolute Gasteiger partial charge is 0.460 e. The number of ether oxygens (including phenoxy) is 1. The molecule has 0 radical (unpaired) electrons. The fourth-order valence-electron chi connectivity index (χ4n) is 3.12. The topological polar surface area (TPSA) is 117 Å². The number of carbonyl (C=O) groups is 2. The van der Waals surface area contributed by atoms with Gasteiger partial charge in [-0.2, -0.15) is 0 Å². The average Bonchev–Trinajstić information content (AvgIpc) is 2.66. The molecule has 0 saturated heterocycles. The standard InChI is InChI=1S/C24H32N4O3/c1-16(13-21(29)31-24(2,3)4)18-8-5-7-17(14-18)11-12-27-22(30)19-9-6-10-20(15-19)28-23(25)26/h5-10,14-16H,11-13H2,1-4H3,(H,27,30)(H4,25,26,28). The van der Waals surface area contributed by atoms with Gasteiger partial charge in [-0.1, -0.05) is 37.3 Å². The lowest BCUT2D eigenvalue weighted by Gasteiger charge is -2.21. The molecule has 31 heavy (non-hydrogen) atoms. The summed E-state index contributed by atoms with van der Waals surface area (Å²) >= 11 is 0. The van der Waals surface area contributed by atoms with Crippen LogP contribution in [0.15, 0.2) is 48.5 Å². The van der Waals surface area contributed by atoms with Crippen LogP contribution in [-0.2, 0) is 16.0 Å². The van der Waals surface area contributed by atoms with Gasteiger partial charge in [0.05, 0.1) is 6.42 Å². The van der Waals surface area contributed by atoms with E-state index in [1.807, 2.05) is 45.9 Å². The van der Waals surface area contributed by atoms with E-state index < -0.39 is 5.60 Å². The number of nitrogens with two attached hydrogens (primary N) is 1. The number of benzene rings is 2. The molecule has 0 aromatic heterocycles. The second kappa shape index (κ2) is 10.6. The molecule has 7 nitrogen and oxygen atoms in total. The van der Waals surface area contributed by atoms with E-state index in [0.29, 0.717) is 30.6 Å². The van der Waals surface area contributed by atoms with E-state index in [0.717, 1.165) is 11.1 Å². The fraction of sp³-hybridized carbons (Fsp3) is 0.375. The second-order valence-electron chi connectivity index (χ2n) is 8.56. The van der Waals surface area contributed by atoms with Crippen LogP contribution in [0.5, 0.6) is 0 Å². The Morgan fingerprint density at radius 2 is 1.84 bits per heavy atom. The molecule has 5 N–H and O–H groups in total. The molecule has 1 unspecified atom stereocenters. The molecular weight excluding hydrogens is 392 g/mol. The van der Waals surface area contributed by atoms with Crippen molar-refractivity contribution in [2.75, 3.05) is 11.9 Å². The lowest BCUT2D eigenvalue weighted by Crippen LogP contribution is -2.26. The van der Waals surface area contributed by atoms with Crippen molar-refractivity contribution in [3.63, 3.8) is 0 Å². The van der Waals surface area contributed by atoms with Crippen molar-refractivity contribution in [2.24, 2.45) is 5.73 Å². The third-order valence-electron chi connectivity index (χ3n) is 4.52. The number of rotatable bonds is 8. The summed E-state index contributed by atoms with van der Waals surface area (Å²) < 4.78 is 5.41. The molecule has 0 aliphatic carbocycles. The maximum Gasteiger partial charge on any atom is 0.306 e. The summed E-state index contributed by atoms with van der Waals surface area (Å²) in [6.07, 6.45) is 0.992. The first-order valence-corrected chi connectivity index (χ1v) is 10.3. The summed E-state index contributed by atoms with van der Waals surface area (Å²) in [7, 11) is 0. The van der Waals surface area contributed by atoms with E-state index in [1.165, 1.54) is 0 Å². The number of amides is 1. The van der Waals surface area contributed by atoms with Gasteiger partial charge in [0.2, 0.25) is 0 Å². The van der Waals surface area contributed by atoms with Crippen molar-refractivity contribution in [1.82, 2.24) is 5.32 Å². The van der Waals surface area contributed by atoms with Gasteiger partial charge in [-0.05, 0) is 62.4 Å². The van der Waals surface area contributed by atoms with E-state index in [2.05, 4.69) is 16.7 Å². The molecule has 2 rings (SSSR count). The highest BCUT2D eigenvalue weighted by atomic mass is 16.6. The normalized spacial score (nSPS) is 12.0. The van der Waals surface area contributed by atoms with Crippen molar-refractivity contribution in [2.45, 2.75) is 52.1 Å². The number of guanidine groups is 1. The van der Waals surface area contributed by atoms with Gasteiger partial charge >= 0.3 is 5.97 Å². The van der Waals surface area contributed by atoms with Crippen molar-refractivity contribution in [3.05, 3.63) is 65.2 Å². The molecule has 2 aromatic rings. The Labute approximate surface area is 183 Å². The second-order valence-corrected chi connectivity index (χ2v) is 8.56. The Morgan fingerprint density at radius 1 is 1.13 bits per heavy atom. The molecule has 0 spiro atoms. The average molecular weight is 425 g/mol. The molecule has 0 aliphatic heterocycles. The summed E-state index contributed by atoms with van der Waals surface area (Å²) in [5, 5.41) is 12.9. The van der Waals surface area contributed by atoms with Gasteiger partial charge < -0.3 is 21.1 Å². The minimum Gasteiger partial charge on any atom is -0.460 e. The molecule has 7 heteroatoms. The third-order valence-corrected chi connectivity index (χ3v) is 4.52. The maximum atomic E-state index is 12.4. The van der Waals surface area contributed by atoms with E-state index in [1.54, 1.807) is 24.3 Å². The summed E-state index contributed by atoms with van der Waals surface area (Å²) in [6.45, 7) is 8.07. The van der Waals surface area contributed by atoms with Gasteiger partial charge in [-0.15, -0.1) is 0 Å². The summed E-state index contributed by atoms with van der Waals surface area (Å²) in [5.41, 5.74) is 8.07. The summed E-state index contributed by atoms with van der Waals surface area (Å²) in [6, 6.07) is 14.9. The number of hydrogen-bond donors (Lipinski definition) is 4. The lowest BCUT2D eigenvalue weighted by molar-refractivity contribution is -0.155. The molecule has 1 amide bonds. The molecule has 0 bridgehead atoms. The highest BCUT2D eigenvalue weighted by molar-refractivity contribution is 5.96. The number of nitrogens with one attached hydrogen (secondary N) is 3. The van der Waals surface area contributed by atoms with Crippen LogP contribution in [-0.4, -0.2) is 30.0 Å². The maximum absolute atomic E-state index is 12.4. The Hall–Kier alpha value is -3.35. The first-order chi connectivity index (χ1) is 14.5. The predicted octanol–water partition coefficient (Wildman–Crippen LogP) is 3.80. The van der Waals surface area contributed by atoms with Crippen molar-refractivity contribution < 1.29 is 14.3 Å².